The average molecular weight is 327 g/mol. The van der Waals surface area contributed by atoms with Gasteiger partial charge in [0.15, 0.2) is 0 Å². The molecular formula is B2Be2O7Sr2. The van der Waals surface area contributed by atoms with Crippen molar-refractivity contribution in [2.75, 3.05) is 0 Å². The minimum Gasteiger partial charge on any atom is -2.00 e. The fraction of sp³-hybridized carbons (Fsp3) is 0. The van der Waals surface area contributed by atoms with Crippen molar-refractivity contribution in [3.63, 3.8) is 0 Å². The summed E-state index contributed by atoms with van der Waals surface area (Å²) >= 11 is 0. The van der Waals surface area contributed by atoms with Gasteiger partial charge in [-0.2, -0.15) is 0 Å². The molecule has 13 heteroatoms. The molecule has 0 aliphatic carbocycles. The molecular weight excluding hydrogens is 327 g/mol. The second kappa shape index (κ2) is 36.2. The Kier molecular flexibility index (Phi) is 123. The molecule has 0 aromatic carbocycles. The second-order valence-electron chi connectivity index (χ2n) is 0.577. The first-order chi connectivity index (χ1) is 3.46. The van der Waals surface area contributed by atoms with Crippen LogP contribution in [0.2, 0.25) is 0 Å². The zero-order chi connectivity index (χ0) is 7.15. The Balaban J connectivity index is -0.00000000800. The van der Waals surface area contributed by atoms with Gasteiger partial charge in [0, 0.05) is 0 Å². The smallest absolute Gasteiger partial charge is 2.00 e. The first-order valence-electron chi connectivity index (χ1n) is 1.41. The first-order valence-corrected chi connectivity index (χ1v) is 1.41. The maximum atomic E-state index is 8.42. The van der Waals surface area contributed by atoms with E-state index in [1.807, 2.05) is 0 Å². The molecule has 0 amide bonds. The molecule has 0 saturated carbocycles. The zero-order valence-electron chi connectivity index (χ0n) is 6.84. The fourth-order valence-corrected chi connectivity index (χ4v) is 0. The molecule has 0 aromatic heterocycles. The molecule has 0 bridgehead atoms. The summed E-state index contributed by atoms with van der Waals surface area (Å²) in [5.41, 5.74) is 0. The maximum absolute atomic E-state index is 8.42. The zero-order valence-corrected chi connectivity index (χ0v) is 13.8. The van der Waals surface area contributed by atoms with E-state index >= 15 is 0 Å². The molecule has 56 valence electrons. The molecule has 0 fully saturated rings. The number of rotatable bonds is 0. The van der Waals surface area contributed by atoms with Crippen LogP contribution < -0.4 is 30.1 Å². The Morgan fingerprint density at radius 3 is 0.538 bits per heavy atom. The van der Waals surface area contributed by atoms with Crippen LogP contribution in [-0.4, -0.2) is 126 Å². The Labute approximate surface area is 158 Å². The van der Waals surface area contributed by atoms with Crippen molar-refractivity contribution in [1.82, 2.24) is 0 Å². The molecule has 13 heavy (non-hydrogen) atoms. The average Bonchev–Trinajstić information content (AvgIpc) is 1.25. The van der Waals surface area contributed by atoms with Crippen LogP contribution >= 0.6 is 0 Å². The molecule has 0 aromatic rings. The molecule has 0 radical (unpaired) electrons. The van der Waals surface area contributed by atoms with Crippen LogP contribution in [-0.2, 0) is 5.48 Å². The number of hydrogen-bond acceptors (Lipinski definition) is 6. The standard InChI is InChI=1S/2BO3.2Be.O.2Sr/c2*2-1(3)4;;;;;/q2*-3;2*+2;-2;2*+2. The fourth-order valence-electron chi connectivity index (χ4n) is 0. The van der Waals surface area contributed by atoms with Crippen LogP contribution in [0.3, 0.4) is 0 Å². The third-order valence-corrected chi connectivity index (χ3v) is 0. The molecule has 0 spiro atoms. The molecule has 0 N–H and O–H groups in total. The van der Waals surface area contributed by atoms with E-state index in [-0.39, 0.29) is 117 Å². The third-order valence-electron chi connectivity index (χ3n) is 0. The summed E-state index contributed by atoms with van der Waals surface area (Å²) in [7, 11) is -5.83. The van der Waals surface area contributed by atoms with Crippen molar-refractivity contribution in [3.8, 4) is 0 Å². The van der Waals surface area contributed by atoms with E-state index in [1.165, 1.54) is 0 Å². The van der Waals surface area contributed by atoms with Gasteiger partial charge in [0.2, 0.25) is 0 Å². The largest absolute Gasteiger partial charge is 2.00 e. The predicted molar refractivity (Wildman–Crippen MR) is 35.2 cm³/mol. The van der Waals surface area contributed by atoms with Crippen LogP contribution in [0.15, 0.2) is 0 Å². The van der Waals surface area contributed by atoms with Crippen molar-refractivity contribution < 1.29 is 35.6 Å². The predicted octanol–water partition coefficient (Wildman–Crippen LogP) is -9.54. The van der Waals surface area contributed by atoms with Crippen molar-refractivity contribution in [2.24, 2.45) is 0 Å². The molecule has 0 atom stereocenters. The van der Waals surface area contributed by atoms with Gasteiger partial charge in [0.1, 0.15) is 0 Å². The van der Waals surface area contributed by atoms with Gasteiger partial charge in [0.05, 0.1) is 0 Å². The summed E-state index contributed by atoms with van der Waals surface area (Å²) in [6, 6.07) is 0. The summed E-state index contributed by atoms with van der Waals surface area (Å²) in [5, 5.41) is 50.5. The van der Waals surface area contributed by atoms with E-state index in [0.717, 1.165) is 0 Å². The normalized spacial score (nSPS) is 4.15. The van der Waals surface area contributed by atoms with E-state index in [9.17, 15) is 0 Å². The minimum absolute atomic E-state index is 0. The molecule has 0 rings (SSSR count). The van der Waals surface area contributed by atoms with Crippen LogP contribution in [0.1, 0.15) is 0 Å². The van der Waals surface area contributed by atoms with Gasteiger partial charge in [-0.25, -0.2) is 0 Å². The molecule has 0 aliphatic rings. The Hall–Kier alpha value is 3.15. The van der Waals surface area contributed by atoms with Crippen molar-refractivity contribution in [1.29, 1.82) is 0 Å². The summed E-state index contributed by atoms with van der Waals surface area (Å²) < 4.78 is 0. The van der Waals surface area contributed by atoms with Gasteiger partial charge in [-0.3, -0.25) is 14.6 Å². The SMILES string of the molecule is [Be+2].[Be+2].[O-2].[O-]B([O-])[O-].[O-]B([O-])[O-].[Sr+2].[Sr+2]. The summed E-state index contributed by atoms with van der Waals surface area (Å²) in [5.74, 6) is 0. The summed E-state index contributed by atoms with van der Waals surface area (Å²) in [4.78, 5) is 0. The van der Waals surface area contributed by atoms with Gasteiger partial charge in [-0.15, -0.1) is 0 Å². The molecule has 0 heterocycles. The Morgan fingerprint density at radius 1 is 0.538 bits per heavy atom. The van der Waals surface area contributed by atoms with E-state index in [2.05, 4.69) is 0 Å². The Bertz CT molecular complexity index is 38.0. The molecule has 0 aliphatic heterocycles. The van der Waals surface area contributed by atoms with Crippen LogP contribution in [0.4, 0.5) is 0 Å². The van der Waals surface area contributed by atoms with Crippen molar-refractivity contribution in [2.45, 2.75) is 0 Å². The summed E-state index contributed by atoms with van der Waals surface area (Å²) in [6.45, 7) is 0. The van der Waals surface area contributed by atoms with Gasteiger partial charge in [-0.1, -0.05) is 0 Å². The van der Waals surface area contributed by atoms with Gasteiger partial charge < -0.3 is 35.6 Å². The quantitative estimate of drug-likeness (QED) is 0.400. The van der Waals surface area contributed by atoms with E-state index in [0.29, 0.717) is 0 Å². The topological polar surface area (TPSA) is 167 Å². The molecule has 7 nitrogen and oxygen atoms in total. The number of hydrogen-bond donors (Lipinski definition) is 0. The van der Waals surface area contributed by atoms with Crippen molar-refractivity contribution in [3.05, 3.63) is 0 Å². The van der Waals surface area contributed by atoms with Crippen LogP contribution in [0, 0.1) is 0 Å². The first kappa shape index (κ1) is 44.3. The monoisotopic (exact) mass is 328 g/mol. The molecule has 0 saturated heterocycles. The minimum atomic E-state index is -2.92. The van der Waals surface area contributed by atoms with Crippen LogP contribution in [0.25, 0.3) is 0 Å². The summed E-state index contributed by atoms with van der Waals surface area (Å²) in [6.07, 6.45) is 0. The van der Waals surface area contributed by atoms with E-state index < -0.39 is 14.6 Å². The Morgan fingerprint density at radius 2 is 0.538 bits per heavy atom. The maximum Gasteiger partial charge on any atom is 2.00 e. The third kappa shape index (κ3) is 264. The van der Waals surface area contributed by atoms with E-state index in [4.69, 9.17) is 30.1 Å². The van der Waals surface area contributed by atoms with Crippen LogP contribution in [0.5, 0.6) is 0 Å². The van der Waals surface area contributed by atoms with Crippen molar-refractivity contribution >= 4 is 126 Å². The van der Waals surface area contributed by atoms with Gasteiger partial charge in [-0.05, 0) is 0 Å². The second-order valence-corrected chi connectivity index (χ2v) is 0.577. The van der Waals surface area contributed by atoms with Gasteiger partial charge in [0.25, 0.3) is 0 Å². The van der Waals surface area contributed by atoms with E-state index in [1.54, 1.807) is 0 Å². The molecule has 0 unspecified atom stereocenters. The van der Waals surface area contributed by atoms with Gasteiger partial charge >= 0.3 is 111 Å².